The molecule has 172 valence electrons. The molecule has 2 aromatic carbocycles. The van der Waals surface area contributed by atoms with E-state index in [0.29, 0.717) is 23.6 Å². The largest absolute Gasteiger partial charge is 0.482 e. The zero-order valence-corrected chi connectivity index (χ0v) is 19.6. The van der Waals surface area contributed by atoms with Gasteiger partial charge < -0.3 is 19.9 Å². The van der Waals surface area contributed by atoms with Crippen molar-refractivity contribution in [2.75, 3.05) is 6.61 Å². The summed E-state index contributed by atoms with van der Waals surface area (Å²) in [6.45, 7) is 7.25. The van der Waals surface area contributed by atoms with Crippen LogP contribution in [0.5, 0.6) is 5.75 Å². The quantitative estimate of drug-likeness (QED) is 0.577. The van der Waals surface area contributed by atoms with Crippen molar-refractivity contribution in [3.05, 3.63) is 64.2 Å². The van der Waals surface area contributed by atoms with Crippen LogP contribution in [-0.4, -0.2) is 29.1 Å². The first-order valence-corrected chi connectivity index (χ1v) is 11.1. The minimum Gasteiger partial charge on any atom is -0.482 e. The van der Waals surface area contributed by atoms with Crippen LogP contribution >= 0.6 is 11.6 Å². The molecule has 3 rings (SSSR count). The molecular formula is C25H30ClNO5. The molecule has 0 unspecified atom stereocenters. The van der Waals surface area contributed by atoms with E-state index < -0.39 is 24.2 Å². The standard InChI is InChI=1S/C25H30ClNO5/c1-15(2)17-8-9-21(31-14-24(29)30)20(11-17)23-13-25(4,27-16(3)28)12-22(32-23)18-6-5-7-19(26)10-18/h5-11,15,22-23H,12-14H2,1-4H3,(H,27,28)(H,29,30)/t22-,23+,25-/m0/s1. The van der Waals surface area contributed by atoms with Crippen LogP contribution in [0.2, 0.25) is 5.02 Å². The number of ether oxygens (including phenoxy) is 2. The summed E-state index contributed by atoms with van der Waals surface area (Å²) >= 11 is 6.22. The summed E-state index contributed by atoms with van der Waals surface area (Å²) in [5.74, 6) is -0.417. The van der Waals surface area contributed by atoms with E-state index in [1.165, 1.54) is 6.92 Å². The second kappa shape index (κ2) is 9.92. The van der Waals surface area contributed by atoms with Crippen molar-refractivity contribution in [2.24, 2.45) is 0 Å². The van der Waals surface area contributed by atoms with Gasteiger partial charge in [0.1, 0.15) is 5.75 Å². The molecule has 1 aliphatic rings. The number of carboxylic acid groups (broad SMARTS) is 1. The Morgan fingerprint density at radius 3 is 2.56 bits per heavy atom. The van der Waals surface area contributed by atoms with E-state index in [1.807, 2.05) is 43.3 Å². The molecule has 7 heteroatoms. The lowest BCUT2D eigenvalue weighted by molar-refractivity contribution is -0.139. The maximum Gasteiger partial charge on any atom is 0.341 e. The average molecular weight is 460 g/mol. The second-order valence-electron chi connectivity index (χ2n) is 8.95. The number of hydrogen-bond donors (Lipinski definition) is 2. The van der Waals surface area contributed by atoms with Gasteiger partial charge in [0.2, 0.25) is 5.91 Å². The summed E-state index contributed by atoms with van der Waals surface area (Å²) in [5, 5.41) is 12.8. The number of carboxylic acids is 1. The lowest BCUT2D eigenvalue weighted by atomic mass is 9.80. The fourth-order valence-electron chi connectivity index (χ4n) is 4.26. The molecule has 2 N–H and O–H groups in total. The lowest BCUT2D eigenvalue weighted by Gasteiger charge is -2.43. The number of rotatable bonds is 7. The van der Waals surface area contributed by atoms with E-state index in [0.717, 1.165) is 16.7 Å². The maximum absolute atomic E-state index is 12.0. The Morgan fingerprint density at radius 2 is 1.94 bits per heavy atom. The zero-order chi connectivity index (χ0) is 23.5. The third-order valence-electron chi connectivity index (χ3n) is 5.70. The summed E-state index contributed by atoms with van der Waals surface area (Å²) in [6.07, 6.45) is 0.388. The number of benzene rings is 2. The van der Waals surface area contributed by atoms with Gasteiger partial charge in [-0.05, 0) is 48.2 Å². The van der Waals surface area contributed by atoms with Crippen LogP contribution < -0.4 is 10.1 Å². The van der Waals surface area contributed by atoms with E-state index in [2.05, 4.69) is 19.2 Å². The first-order valence-electron chi connectivity index (χ1n) is 10.7. The van der Waals surface area contributed by atoms with Crippen molar-refractivity contribution in [1.82, 2.24) is 5.32 Å². The molecule has 0 saturated carbocycles. The fourth-order valence-corrected chi connectivity index (χ4v) is 4.46. The molecule has 0 spiro atoms. The molecule has 1 aliphatic heterocycles. The van der Waals surface area contributed by atoms with Crippen molar-refractivity contribution < 1.29 is 24.2 Å². The third kappa shape index (κ3) is 6.02. The number of aliphatic carboxylic acids is 1. The van der Waals surface area contributed by atoms with Crippen molar-refractivity contribution in [3.8, 4) is 5.75 Å². The predicted octanol–water partition coefficient (Wildman–Crippen LogP) is 5.41. The van der Waals surface area contributed by atoms with Gasteiger partial charge >= 0.3 is 5.97 Å². The van der Waals surface area contributed by atoms with Gasteiger partial charge in [-0.3, -0.25) is 4.79 Å². The van der Waals surface area contributed by atoms with Gasteiger partial charge in [0.05, 0.1) is 12.2 Å². The molecule has 2 aromatic rings. The molecule has 1 heterocycles. The average Bonchev–Trinajstić information content (AvgIpc) is 2.70. The van der Waals surface area contributed by atoms with E-state index in [1.54, 1.807) is 6.07 Å². The van der Waals surface area contributed by atoms with Gasteiger partial charge in [0.25, 0.3) is 0 Å². The summed E-state index contributed by atoms with van der Waals surface area (Å²) in [6, 6.07) is 13.3. The Balaban J connectivity index is 2.04. The van der Waals surface area contributed by atoms with Crippen LogP contribution in [0.4, 0.5) is 0 Å². The number of carbonyl (C=O) groups excluding carboxylic acids is 1. The maximum atomic E-state index is 12.0. The summed E-state index contributed by atoms with van der Waals surface area (Å²) in [5.41, 5.74) is 2.27. The van der Waals surface area contributed by atoms with Crippen LogP contribution in [0.1, 0.15) is 75.4 Å². The van der Waals surface area contributed by atoms with Crippen LogP contribution in [-0.2, 0) is 14.3 Å². The number of hydrogen-bond acceptors (Lipinski definition) is 4. The Morgan fingerprint density at radius 1 is 1.22 bits per heavy atom. The van der Waals surface area contributed by atoms with Crippen LogP contribution in [0.3, 0.4) is 0 Å². The van der Waals surface area contributed by atoms with Crippen LogP contribution in [0.15, 0.2) is 42.5 Å². The Hall–Kier alpha value is -2.57. The summed E-state index contributed by atoms with van der Waals surface area (Å²) in [4.78, 5) is 23.1. The monoisotopic (exact) mass is 459 g/mol. The molecule has 1 fully saturated rings. The van der Waals surface area contributed by atoms with E-state index in [-0.39, 0.29) is 17.9 Å². The molecular weight excluding hydrogens is 430 g/mol. The van der Waals surface area contributed by atoms with Gasteiger partial charge in [-0.1, -0.05) is 43.6 Å². The minimum absolute atomic E-state index is 0.115. The van der Waals surface area contributed by atoms with Crippen molar-refractivity contribution in [3.63, 3.8) is 0 Å². The van der Waals surface area contributed by atoms with Gasteiger partial charge in [0.15, 0.2) is 6.61 Å². The predicted molar refractivity (Wildman–Crippen MR) is 123 cm³/mol. The highest BCUT2D eigenvalue weighted by molar-refractivity contribution is 6.30. The molecule has 0 radical (unpaired) electrons. The number of amides is 1. The SMILES string of the molecule is CC(=O)N[C@@]1(C)C[C@@H](c2cccc(Cl)c2)O[C@@H](c2cc(C(C)C)ccc2OCC(=O)O)C1. The highest BCUT2D eigenvalue weighted by Gasteiger charge is 2.41. The van der Waals surface area contributed by atoms with E-state index in [9.17, 15) is 9.59 Å². The highest BCUT2D eigenvalue weighted by atomic mass is 35.5. The minimum atomic E-state index is -1.05. The molecule has 32 heavy (non-hydrogen) atoms. The summed E-state index contributed by atoms with van der Waals surface area (Å²) < 4.78 is 12.1. The Bertz CT molecular complexity index is 992. The van der Waals surface area contributed by atoms with Crippen molar-refractivity contribution in [1.29, 1.82) is 0 Å². The Labute approximate surface area is 193 Å². The molecule has 0 aromatic heterocycles. The van der Waals surface area contributed by atoms with Crippen LogP contribution in [0.25, 0.3) is 0 Å². The fraction of sp³-hybridized carbons (Fsp3) is 0.440. The topological polar surface area (TPSA) is 84.9 Å². The van der Waals surface area contributed by atoms with Crippen molar-refractivity contribution in [2.45, 2.75) is 64.2 Å². The van der Waals surface area contributed by atoms with Gasteiger partial charge in [0, 0.05) is 35.9 Å². The lowest BCUT2D eigenvalue weighted by Crippen LogP contribution is -2.50. The molecule has 1 saturated heterocycles. The first kappa shape index (κ1) is 24.1. The molecule has 6 nitrogen and oxygen atoms in total. The number of nitrogens with one attached hydrogen (secondary N) is 1. The van der Waals surface area contributed by atoms with Gasteiger partial charge in [-0.2, -0.15) is 0 Å². The first-order chi connectivity index (χ1) is 15.1. The second-order valence-corrected chi connectivity index (χ2v) is 9.39. The third-order valence-corrected chi connectivity index (χ3v) is 5.93. The zero-order valence-electron chi connectivity index (χ0n) is 18.9. The molecule has 0 aliphatic carbocycles. The molecule has 1 amide bonds. The van der Waals surface area contributed by atoms with Crippen molar-refractivity contribution >= 4 is 23.5 Å². The molecule has 0 bridgehead atoms. The van der Waals surface area contributed by atoms with E-state index >= 15 is 0 Å². The van der Waals surface area contributed by atoms with Gasteiger partial charge in [-0.15, -0.1) is 0 Å². The number of halogens is 1. The number of carbonyl (C=O) groups is 2. The molecule has 3 atom stereocenters. The summed E-state index contributed by atoms with van der Waals surface area (Å²) in [7, 11) is 0. The highest BCUT2D eigenvalue weighted by Crippen LogP contribution is 2.46. The smallest absolute Gasteiger partial charge is 0.341 e. The Kier molecular flexibility index (Phi) is 7.47. The van der Waals surface area contributed by atoms with Crippen LogP contribution in [0, 0.1) is 0 Å². The van der Waals surface area contributed by atoms with E-state index in [4.69, 9.17) is 26.2 Å². The normalized spacial score (nSPS) is 23.1. The van der Waals surface area contributed by atoms with Gasteiger partial charge in [-0.25, -0.2) is 4.79 Å².